The van der Waals surface area contributed by atoms with E-state index >= 15 is 0 Å². The quantitative estimate of drug-likeness (QED) is 0.620. The fraction of sp³-hybridized carbons (Fsp3) is 0.200. The molecular weight excluding hydrogens is 182 g/mol. The predicted octanol–water partition coefficient (Wildman–Crippen LogP) is 1.13. The molecule has 1 aromatic heterocycles. The van der Waals surface area contributed by atoms with Crippen LogP contribution in [0, 0.1) is 6.92 Å². The Bertz CT molecular complexity index is 223. The summed E-state index contributed by atoms with van der Waals surface area (Å²) >= 11 is 3.17. The number of anilines is 1. The van der Waals surface area contributed by atoms with E-state index in [1.807, 2.05) is 6.92 Å². The van der Waals surface area contributed by atoms with Crippen molar-refractivity contribution in [3.05, 3.63) is 16.6 Å². The van der Waals surface area contributed by atoms with E-state index in [2.05, 4.69) is 25.9 Å². The molecule has 2 N–H and O–H groups in total. The normalized spacial score (nSPS) is 9.56. The first-order valence-electron chi connectivity index (χ1n) is 2.45. The molecule has 1 rings (SSSR count). The van der Waals surface area contributed by atoms with Crippen molar-refractivity contribution in [3.63, 3.8) is 0 Å². The van der Waals surface area contributed by atoms with Gasteiger partial charge in [0, 0.05) is 0 Å². The summed E-state index contributed by atoms with van der Waals surface area (Å²) in [5.74, 6) is 0.719. The molecule has 0 saturated heterocycles. The van der Waals surface area contributed by atoms with Crippen LogP contribution in [0.5, 0.6) is 0 Å². The van der Waals surface area contributed by atoms with Gasteiger partial charge in [0.15, 0.2) is 0 Å². The van der Waals surface area contributed by atoms with Crippen molar-refractivity contribution in [2.45, 2.75) is 6.92 Å². The fourth-order valence-corrected chi connectivity index (χ4v) is 0.811. The lowest BCUT2D eigenvalue weighted by molar-refractivity contribution is 1.04. The number of halogens is 1. The molecule has 0 bridgehead atoms. The second-order valence-electron chi connectivity index (χ2n) is 1.66. The van der Waals surface area contributed by atoms with Crippen molar-refractivity contribution >= 4 is 21.6 Å². The molecular formula is C5H6BrN3. The molecule has 0 fully saturated rings. The predicted molar refractivity (Wildman–Crippen MR) is 38.9 cm³/mol. The number of rotatable bonds is 0. The van der Waals surface area contributed by atoms with Gasteiger partial charge in [-0.25, -0.2) is 9.97 Å². The standard InChI is InChI=1S/C5H6BrN3/c1-3-8-2-4(7)5(6)9-3/h2H,7H2,1H3. The summed E-state index contributed by atoms with van der Waals surface area (Å²) in [5, 5.41) is 0. The van der Waals surface area contributed by atoms with E-state index in [1.165, 1.54) is 0 Å². The highest BCUT2D eigenvalue weighted by molar-refractivity contribution is 9.10. The van der Waals surface area contributed by atoms with Crippen LogP contribution in [0.15, 0.2) is 10.8 Å². The maximum Gasteiger partial charge on any atom is 0.132 e. The molecule has 0 aliphatic carbocycles. The van der Waals surface area contributed by atoms with Gasteiger partial charge >= 0.3 is 0 Å². The molecule has 0 aliphatic heterocycles. The molecule has 9 heavy (non-hydrogen) atoms. The van der Waals surface area contributed by atoms with E-state index < -0.39 is 0 Å². The number of hydrogen-bond acceptors (Lipinski definition) is 3. The monoisotopic (exact) mass is 187 g/mol. The zero-order valence-corrected chi connectivity index (χ0v) is 6.51. The minimum atomic E-state index is 0.570. The zero-order chi connectivity index (χ0) is 6.85. The summed E-state index contributed by atoms with van der Waals surface area (Å²) in [5.41, 5.74) is 5.99. The summed E-state index contributed by atoms with van der Waals surface area (Å²) in [6, 6.07) is 0. The van der Waals surface area contributed by atoms with Crippen LogP contribution in [0.25, 0.3) is 0 Å². The van der Waals surface area contributed by atoms with Gasteiger partial charge in [0.2, 0.25) is 0 Å². The van der Waals surface area contributed by atoms with E-state index in [4.69, 9.17) is 5.73 Å². The van der Waals surface area contributed by atoms with Crippen LogP contribution in [0.3, 0.4) is 0 Å². The van der Waals surface area contributed by atoms with E-state index in [1.54, 1.807) is 6.20 Å². The first kappa shape index (κ1) is 6.48. The molecule has 0 amide bonds. The van der Waals surface area contributed by atoms with Gasteiger partial charge in [0.05, 0.1) is 11.9 Å². The van der Waals surface area contributed by atoms with Gasteiger partial charge < -0.3 is 5.73 Å². The molecule has 4 heteroatoms. The zero-order valence-electron chi connectivity index (χ0n) is 4.93. The highest BCUT2D eigenvalue weighted by Crippen LogP contribution is 2.13. The van der Waals surface area contributed by atoms with Crippen molar-refractivity contribution < 1.29 is 0 Å². The summed E-state index contributed by atoms with van der Waals surface area (Å²) in [4.78, 5) is 7.83. The Labute approximate surface area is 61.4 Å². The topological polar surface area (TPSA) is 51.8 Å². The lowest BCUT2D eigenvalue weighted by Crippen LogP contribution is -1.93. The molecule has 1 aromatic rings. The number of hydrogen-bond donors (Lipinski definition) is 1. The number of nitrogens with zero attached hydrogens (tertiary/aromatic N) is 2. The first-order chi connectivity index (χ1) is 4.20. The van der Waals surface area contributed by atoms with Crippen molar-refractivity contribution in [2.75, 3.05) is 5.73 Å². The fourth-order valence-electron chi connectivity index (χ4n) is 0.452. The van der Waals surface area contributed by atoms with E-state index in [0.29, 0.717) is 10.3 Å². The third-order valence-electron chi connectivity index (χ3n) is 0.889. The number of aromatic nitrogens is 2. The van der Waals surface area contributed by atoms with Crippen LogP contribution < -0.4 is 5.73 Å². The Morgan fingerprint density at radius 2 is 2.33 bits per heavy atom. The second kappa shape index (κ2) is 2.31. The summed E-state index contributed by atoms with van der Waals surface area (Å²) in [7, 11) is 0. The average Bonchev–Trinajstić information content (AvgIpc) is 1.80. The van der Waals surface area contributed by atoms with Crippen molar-refractivity contribution in [3.8, 4) is 0 Å². The highest BCUT2D eigenvalue weighted by Gasteiger charge is 1.94. The largest absolute Gasteiger partial charge is 0.395 e. The van der Waals surface area contributed by atoms with Gasteiger partial charge in [-0.2, -0.15) is 0 Å². The van der Waals surface area contributed by atoms with Crippen molar-refractivity contribution in [1.29, 1.82) is 0 Å². The van der Waals surface area contributed by atoms with Crippen LogP contribution in [0.2, 0.25) is 0 Å². The molecule has 0 atom stereocenters. The molecule has 0 radical (unpaired) electrons. The van der Waals surface area contributed by atoms with Crippen LogP contribution in [0.1, 0.15) is 5.82 Å². The van der Waals surface area contributed by atoms with E-state index in [0.717, 1.165) is 5.82 Å². The van der Waals surface area contributed by atoms with Crippen molar-refractivity contribution in [2.24, 2.45) is 0 Å². The summed E-state index contributed by atoms with van der Waals surface area (Å²) < 4.78 is 0.662. The van der Waals surface area contributed by atoms with Gasteiger partial charge in [-0.3, -0.25) is 0 Å². The lowest BCUT2D eigenvalue weighted by Gasteiger charge is -1.94. The van der Waals surface area contributed by atoms with Gasteiger partial charge in [-0.05, 0) is 22.9 Å². The molecule has 48 valence electrons. The minimum Gasteiger partial charge on any atom is -0.395 e. The molecule has 0 unspecified atom stereocenters. The van der Waals surface area contributed by atoms with Crippen LogP contribution in [-0.2, 0) is 0 Å². The second-order valence-corrected chi connectivity index (χ2v) is 2.41. The Balaban J connectivity index is 3.17. The Kier molecular flexibility index (Phi) is 1.66. The molecule has 0 aliphatic rings. The summed E-state index contributed by atoms with van der Waals surface area (Å²) in [6.45, 7) is 1.81. The van der Waals surface area contributed by atoms with E-state index in [-0.39, 0.29) is 0 Å². The van der Waals surface area contributed by atoms with Crippen LogP contribution >= 0.6 is 15.9 Å². The van der Waals surface area contributed by atoms with Gasteiger partial charge in [-0.1, -0.05) is 0 Å². The maximum absolute atomic E-state index is 5.42. The lowest BCUT2D eigenvalue weighted by atomic mass is 10.5. The SMILES string of the molecule is Cc1ncc(N)c(Br)n1. The number of nitrogens with two attached hydrogens (primary N) is 1. The number of nitrogen functional groups attached to an aromatic ring is 1. The van der Waals surface area contributed by atoms with Crippen LogP contribution in [-0.4, -0.2) is 9.97 Å². The van der Waals surface area contributed by atoms with E-state index in [9.17, 15) is 0 Å². The van der Waals surface area contributed by atoms with Gasteiger partial charge in [-0.15, -0.1) is 0 Å². The first-order valence-corrected chi connectivity index (χ1v) is 3.24. The molecule has 0 saturated carbocycles. The molecule has 0 aromatic carbocycles. The Hall–Kier alpha value is -0.640. The Morgan fingerprint density at radius 1 is 1.67 bits per heavy atom. The molecule has 0 spiro atoms. The highest BCUT2D eigenvalue weighted by atomic mass is 79.9. The summed E-state index contributed by atoms with van der Waals surface area (Å²) in [6.07, 6.45) is 1.58. The smallest absolute Gasteiger partial charge is 0.132 e. The molecule has 3 nitrogen and oxygen atoms in total. The minimum absolute atomic E-state index is 0.570. The third kappa shape index (κ3) is 1.38. The third-order valence-corrected chi connectivity index (χ3v) is 1.52. The van der Waals surface area contributed by atoms with Crippen molar-refractivity contribution in [1.82, 2.24) is 9.97 Å². The molecule has 1 heterocycles. The van der Waals surface area contributed by atoms with Gasteiger partial charge in [0.1, 0.15) is 10.4 Å². The maximum atomic E-state index is 5.42. The number of aryl methyl sites for hydroxylation is 1. The van der Waals surface area contributed by atoms with Gasteiger partial charge in [0.25, 0.3) is 0 Å². The average molecular weight is 188 g/mol. The Morgan fingerprint density at radius 3 is 2.78 bits per heavy atom. The van der Waals surface area contributed by atoms with Crippen LogP contribution in [0.4, 0.5) is 5.69 Å².